The van der Waals surface area contributed by atoms with Crippen molar-refractivity contribution in [3.8, 4) is 6.07 Å². The van der Waals surface area contributed by atoms with Gasteiger partial charge in [-0.05, 0) is 46.6 Å². The van der Waals surface area contributed by atoms with Gasteiger partial charge in [0.25, 0.3) is 0 Å². The van der Waals surface area contributed by atoms with E-state index in [1.807, 2.05) is 25.1 Å². The molecule has 0 radical (unpaired) electrons. The van der Waals surface area contributed by atoms with E-state index in [-0.39, 0.29) is 0 Å². The van der Waals surface area contributed by atoms with Crippen LogP contribution in [0.25, 0.3) is 0 Å². The van der Waals surface area contributed by atoms with Crippen molar-refractivity contribution in [3.05, 3.63) is 46.1 Å². The largest absolute Gasteiger partial charge is 0.397 e. The number of hydrogen-bond donors (Lipinski definition) is 2. The fraction of sp³-hybridized carbons (Fsp3) is 0.0769. The molecule has 0 saturated carbocycles. The Morgan fingerprint density at radius 3 is 2.89 bits per heavy atom. The minimum absolute atomic E-state index is 0.420. The maximum Gasteiger partial charge on any atom is 0.148 e. The zero-order valence-corrected chi connectivity index (χ0v) is 11.3. The van der Waals surface area contributed by atoms with Gasteiger partial charge in [-0.2, -0.15) is 5.26 Å². The Morgan fingerprint density at radius 1 is 1.39 bits per heavy atom. The predicted molar refractivity (Wildman–Crippen MR) is 75.5 cm³/mol. The molecule has 0 aliphatic heterocycles. The number of pyridine rings is 1. The molecule has 1 aromatic heterocycles. The molecule has 0 spiro atoms. The number of nitriles is 1. The Hall–Kier alpha value is -2.06. The van der Waals surface area contributed by atoms with E-state index in [1.165, 1.54) is 6.20 Å². The molecule has 3 N–H and O–H groups in total. The molecule has 0 aliphatic carbocycles. The zero-order chi connectivity index (χ0) is 13.1. The molecule has 0 fully saturated rings. The lowest BCUT2D eigenvalue weighted by Crippen LogP contribution is -1.99. The van der Waals surface area contributed by atoms with Gasteiger partial charge in [-0.15, -0.1) is 0 Å². The summed E-state index contributed by atoms with van der Waals surface area (Å²) in [5, 5.41) is 12.2. The van der Waals surface area contributed by atoms with Gasteiger partial charge >= 0.3 is 0 Å². The Kier molecular flexibility index (Phi) is 3.49. The highest BCUT2D eigenvalue weighted by Crippen LogP contribution is 2.27. The van der Waals surface area contributed by atoms with Gasteiger partial charge in [0.05, 0.1) is 23.1 Å². The molecule has 0 bridgehead atoms. The highest BCUT2D eigenvalue weighted by molar-refractivity contribution is 9.10. The van der Waals surface area contributed by atoms with E-state index in [0.29, 0.717) is 17.1 Å². The summed E-state index contributed by atoms with van der Waals surface area (Å²) in [7, 11) is 0. The van der Waals surface area contributed by atoms with E-state index in [0.717, 1.165) is 15.7 Å². The Balaban J connectivity index is 2.40. The average molecular weight is 303 g/mol. The van der Waals surface area contributed by atoms with Crippen molar-refractivity contribution < 1.29 is 0 Å². The van der Waals surface area contributed by atoms with Crippen molar-refractivity contribution in [2.45, 2.75) is 6.92 Å². The Labute approximate surface area is 114 Å². The molecule has 2 aromatic rings. The molecule has 0 saturated heterocycles. The first-order valence-electron chi connectivity index (χ1n) is 5.29. The summed E-state index contributed by atoms with van der Waals surface area (Å²) < 4.78 is 0.913. The summed E-state index contributed by atoms with van der Waals surface area (Å²) in [5.41, 5.74) is 8.48. The topological polar surface area (TPSA) is 74.7 Å². The second-order valence-electron chi connectivity index (χ2n) is 3.88. The summed E-state index contributed by atoms with van der Waals surface area (Å²) in [6.45, 7) is 2.00. The number of aromatic nitrogens is 1. The van der Waals surface area contributed by atoms with Crippen LogP contribution >= 0.6 is 15.9 Å². The van der Waals surface area contributed by atoms with Crippen molar-refractivity contribution in [1.82, 2.24) is 4.98 Å². The SMILES string of the molecule is Cc1ccc(Br)c(Nc2ncc(N)cc2C#N)c1. The summed E-state index contributed by atoms with van der Waals surface area (Å²) in [6.07, 6.45) is 1.52. The van der Waals surface area contributed by atoms with Crippen molar-refractivity contribution in [2.75, 3.05) is 11.1 Å². The van der Waals surface area contributed by atoms with Gasteiger partial charge < -0.3 is 11.1 Å². The van der Waals surface area contributed by atoms with Crippen LogP contribution in [0.4, 0.5) is 17.2 Å². The standard InChI is InChI=1S/C13H11BrN4/c1-8-2-3-11(14)12(4-8)18-13-9(6-15)5-10(16)7-17-13/h2-5,7H,16H2,1H3,(H,17,18). The molecule has 2 rings (SSSR count). The maximum absolute atomic E-state index is 9.05. The molecule has 0 aliphatic rings. The van der Waals surface area contributed by atoms with E-state index in [2.05, 4.69) is 32.3 Å². The third kappa shape index (κ3) is 2.60. The van der Waals surface area contributed by atoms with E-state index >= 15 is 0 Å². The maximum atomic E-state index is 9.05. The predicted octanol–water partition coefficient (Wildman–Crippen LogP) is 3.35. The smallest absolute Gasteiger partial charge is 0.148 e. The number of rotatable bonds is 2. The van der Waals surface area contributed by atoms with Crippen LogP contribution in [0.5, 0.6) is 0 Å². The minimum atomic E-state index is 0.420. The number of benzene rings is 1. The quantitative estimate of drug-likeness (QED) is 0.892. The molecule has 0 amide bonds. The fourth-order valence-corrected chi connectivity index (χ4v) is 1.87. The van der Waals surface area contributed by atoms with E-state index in [4.69, 9.17) is 11.0 Å². The van der Waals surface area contributed by atoms with Crippen molar-refractivity contribution >= 4 is 33.1 Å². The molecular formula is C13H11BrN4. The lowest BCUT2D eigenvalue weighted by atomic mass is 10.2. The van der Waals surface area contributed by atoms with Crippen LogP contribution in [0.3, 0.4) is 0 Å². The van der Waals surface area contributed by atoms with E-state index in [1.54, 1.807) is 6.07 Å². The molecule has 1 heterocycles. The molecule has 5 heteroatoms. The number of aryl methyl sites for hydroxylation is 1. The van der Waals surface area contributed by atoms with Gasteiger partial charge in [0.15, 0.2) is 0 Å². The van der Waals surface area contributed by atoms with Crippen molar-refractivity contribution in [3.63, 3.8) is 0 Å². The molecule has 90 valence electrons. The number of anilines is 3. The number of nitrogens with one attached hydrogen (secondary N) is 1. The molecule has 4 nitrogen and oxygen atoms in total. The highest BCUT2D eigenvalue weighted by Gasteiger charge is 2.07. The van der Waals surface area contributed by atoms with Gasteiger partial charge in [0.1, 0.15) is 11.9 Å². The number of hydrogen-bond acceptors (Lipinski definition) is 4. The first kappa shape index (κ1) is 12.4. The van der Waals surface area contributed by atoms with Crippen LogP contribution in [0.1, 0.15) is 11.1 Å². The van der Waals surface area contributed by atoms with Crippen LogP contribution in [0.2, 0.25) is 0 Å². The first-order valence-corrected chi connectivity index (χ1v) is 6.08. The summed E-state index contributed by atoms with van der Waals surface area (Å²) in [5.74, 6) is 0.498. The fourth-order valence-electron chi connectivity index (χ4n) is 1.53. The summed E-state index contributed by atoms with van der Waals surface area (Å²) >= 11 is 3.45. The van der Waals surface area contributed by atoms with Gasteiger partial charge in [-0.1, -0.05) is 6.07 Å². The second-order valence-corrected chi connectivity index (χ2v) is 4.74. The monoisotopic (exact) mass is 302 g/mol. The van der Waals surface area contributed by atoms with Gasteiger partial charge in [0, 0.05) is 4.47 Å². The number of nitrogens with zero attached hydrogens (tertiary/aromatic N) is 2. The molecule has 1 aromatic carbocycles. The van der Waals surface area contributed by atoms with Gasteiger partial charge in [-0.25, -0.2) is 4.98 Å². The Bertz CT molecular complexity index is 631. The second kappa shape index (κ2) is 5.07. The van der Waals surface area contributed by atoms with Gasteiger partial charge in [-0.3, -0.25) is 0 Å². The van der Waals surface area contributed by atoms with Crippen molar-refractivity contribution in [1.29, 1.82) is 5.26 Å². The number of halogens is 1. The zero-order valence-electron chi connectivity index (χ0n) is 9.74. The first-order chi connectivity index (χ1) is 8.60. The molecule has 18 heavy (non-hydrogen) atoms. The normalized spacial score (nSPS) is 9.83. The minimum Gasteiger partial charge on any atom is -0.397 e. The highest BCUT2D eigenvalue weighted by atomic mass is 79.9. The lowest BCUT2D eigenvalue weighted by molar-refractivity contribution is 1.28. The third-order valence-electron chi connectivity index (χ3n) is 2.40. The summed E-state index contributed by atoms with van der Waals surface area (Å²) in [6, 6.07) is 9.58. The van der Waals surface area contributed by atoms with E-state index < -0.39 is 0 Å². The summed E-state index contributed by atoms with van der Waals surface area (Å²) in [4.78, 5) is 4.14. The van der Waals surface area contributed by atoms with Crippen LogP contribution in [-0.4, -0.2) is 4.98 Å². The van der Waals surface area contributed by atoms with Crippen molar-refractivity contribution in [2.24, 2.45) is 0 Å². The molecular weight excluding hydrogens is 292 g/mol. The van der Waals surface area contributed by atoms with Crippen LogP contribution in [0, 0.1) is 18.3 Å². The number of nitrogen functional groups attached to an aromatic ring is 1. The Morgan fingerprint density at radius 2 is 2.17 bits per heavy atom. The third-order valence-corrected chi connectivity index (χ3v) is 3.10. The van der Waals surface area contributed by atoms with E-state index in [9.17, 15) is 0 Å². The lowest BCUT2D eigenvalue weighted by Gasteiger charge is -2.10. The van der Waals surface area contributed by atoms with Crippen LogP contribution in [0.15, 0.2) is 34.9 Å². The molecule has 0 atom stereocenters. The average Bonchev–Trinajstić information content (AvgIpc) is 2.36. The number of nitrogens with two attached hydrogens (primary N) is 1. The molecule has 0 unspecified atom stereocenters. The van der Waals surface area contributed by atoms with Crippen LogP contribution in [-0.2, 0) is 0 Å². The van der Waals surface area contributed by atoms with Crippen LogP contribution < -0.4 is 11.1 Å². The van der Waals surface area contributed by atoms with Gasteiger partial charge in [0.2, 0.25) is 0 Å².